The van der Waals surface area contributed by atoms with Gasteiger partial charge in [-0.25, -0.2) is 9.78 Å². The molecule has 3 heterocycles. The zero-order valence-corrected chi connectivity index (χ0v) is 18.5. The summed E-state index contributed by atoms with van der Waals surface area (Å²) in [5.74, 6) is 0.780. The van der Waals surface area contributed by atoms with Crippen molar-refractivity contribution < 1.29 is 19.2 Å². The van der Waals surface area contributed by atoms with Crippen LogP contribution >= 0.6 is 0 Å². The number of hydrogen-bond acceptors (Lipinski definition) is 8. The summed E-state index contributed by atoms with van der Waals surface area (Å²) in [6, 6.07) is 5.07. The van der Waals surface area contributed by atoms with Crippen LogP contribution in [0.25, 0.3) is 0 Å². The first-order chi connectivity index (χ1) is 15.4. The molecule has 1 aliphatic heterocycles. The van der Waals surface area contributed by atoms with E-state index in [1.807, 2.05) is 0 Å². The molecule has 0 fully saturated rings. The second kappa shape index (κ2) is 10.7. The van der Waals surface area contributed by atoms with Gasteiger partial charge in [0.25, 0.3) is 0 Å². The van der Waals surface area contributed by atoms with Crippen molar-refractivity contribution in [2.45, 2.75) is 52.5 Å². The third-order valence-electron chi connectivity index (χ3n) is 5.42. The number of carbonyl (C=O) groups excluding carboxylic acids is 1. The molecule has 0 aliphatic carbocycles. The Balaban J connectivity index is 2.12. The van der Waals surface area contributed by atoms with Gasteiger partial charge >= 0.3 is 11.8 Å². The predicted molar refractivity (Wildman–Crippen MR) is 120 cm³/mol. The standard InChI is InChI=1S/C22H29N5O5/c1-3-31-22(28)26-14-17-19(9-6-11-24-17)32-12-10-15(2)7-4-5-8-16-13-18(26)20(27(29)30)21(23)25-16/h6,9,11,13,15H,3-5,7-8,10,12,14H2,1-2H3,(H2,23,25)/t15-/m0/s1. The normalized spacial score (nSPS) is 17.3. The van der Waals surface area contributed by atoms with E-state index < -0.39 is 16.7 Å². The largest absolute Gasteiger partial charge is 0.492 e. The van der Waals surface area contributed by atoms with Crippen molar-refractivity contribution in [2.75, 3.05) is 23.8 Å². The van der Waals surface area contributed by atoms with Crippen LogP contribution in [-0.2, 0) is 17.7 Å². The van der Waals surface area contributed by atoms with Crippen LogP contribution in [0.1, 0.15) is 50.9 Å². The van der Waals surface area contributed by atoms with Crippen LogP contribution in [0.2, 0.25) is 0 Å². The molecule has 10 nitrogen and oxygen atoms in total. The van der Waals surface area contributed by atoms with E-state index in [-0.39, 0.29) is 24.7 Å². The van der Waals surface area contributed by atoms with Crippen LogP contribution in [0.15, 0.2) is 24.4 Å². The monoisotopic (exact) mass is 443 g/mol. The first kappa shape index (κ1) is 23.2. The summed E-state index contributed by atoms with van der Waals surface area (Å²) >= 11 is 0. The minimum atomic E-state index is -0.735. The van der Waals surface area contributed by atoms with Gasteiger partial charge in [-0.3, -0.25) is 20.0 Å². The number of fused-ring (bicyclic) bond motifs is 3. The molecule has 1 amide bonds. The van der Waals surface area contributed by atoms with Gasteiger partial charge in [-0.05, 0) is 50.3 Å². The number of nitro groups is 1. The van der Waals surface area contributed by atoms with E-state index in [2.05, 4.69) is 16.9 Å². The van der Waals surface area contributed by atoms with Crippen molar-refractivity contribution in [3.05, 3.63) is 45.9 Å². The first-order valence-electron chi connectivity index (χ1n) is 10.9. The molecule has 0 aromatic carbocycles. The van der Waals surface area contributed by atoms with Crippen molar-refractivity contribution in [1.29, 1.82) is 0 Å². The maximum atomic E-state index is 12.9. The minimum absolute atomic E-state index is 0.0378. The third-order valence-corrected chi connectivity index (χ3v) is 5.42. The van der Waals surface area contributed by atoms with Crippen LogP contribution in [-0.4, -0.2) is 34.2 Å². The third kappa shape index (κ3) is 5.63. The van der Waals surface area contributed by atoms with Gasteiger partial charge in [-0.1, -0.05) is 19.8 Å². The average molecular weight is 444 g/mol. The number of pyridine rings is 2. The molecule has 0 unspecified atom stereocenters. The summed E-state index contributed by atoms with van der Waals surface area (Å²) in [5.41, 5.74) is 6.64. The molecule has 2 bridgehead atoms. The number of hydrogen-bond donors (Lipinski definition) is 1. The fourth-order valence-corrected chi connectivity index (χ4v) is 3.70. The van der Waals surface area contributed by atoms with Crippen molar-refractivity contribution in [3.63, 3.8) is 0 Å². The number of nitrogen functional groups attached to an aromatic ring is 1. The number of carbonyl (C=O) groups is 1. The highest BCUT2D eigenvalue weighted by Crippen LogP contribution is 2.36. The Morgan fingerprint density at radius 1 is 1.41 bits per heavy atom. The van der Waals surface area contributed by atoms with E-state index >= 15 is 0 Å². The average Bonchev–Trinajstić information content (AvgIpc) is 2.75. The molecule has 10 heteroatoms. The highest BCUT2D eigenvalue weighted by atomic mass is 16.6. The van der Waals surface area contributed by atoms with Crippen molar-refractivity contribution >= 4 is 23.3 Å². The number of nitrogens with two attached hydrogens (primary N) is 1. The van der Waals surface area contributed by atoms with Gasteiger partial charge in [0.2, 0.25) is 5.82 Å². The molecular formula is C22H29N5O5. The van der Waals surface area contributed by atoms with Crippen LogP contribution in [0.3, 0.4) is 0 Å². The lowest BCUT2D eigenvalue weighted by atomic mass is 9.99. The SMILES string of the molecule is CCOC(=O)N1Cc2ncccc2OCC[C@@H](C)CCCCc2cc1c([N+](=O)[O-])c(N)n2. The molecule has 3 rings (SSSR count). The van der Waals surface area contributed by atoms with Crippen molar-refractivity contribution in [2.24, 2.45) is 5.92 Å². The fraction of sp³-hybridized carbons (Fsp3) is 0.500. The number of aryl methyl sites for hydroxylation is 1. The second-order valence-corrected chi connectivity index (χ2v) is 7.85. The van der Waals surface area contributed by atoms with Gasteiger partial charge in [0.05, 0.1) is 24.7 Å². The Morgan fingerprint density at radius 3 is 2.97 bits per heavy atom. The van der Waals surface area contributed by atoms with E-state index in [9.17, 15) is 14.9 Å². The zero-order valence-electron chi connectivity index (χ0n) is 18.5. The minimum Gasteiger partial charge on any atom is -0.492 e. The van der Waals surface area contributed by atoms with Crippen molar-refractivity contribution in [3.8, 4) is 5.75 Å². The molecule has 2 aromatic rings. The van der Waals surface area contributed by atoms with Gasteiger partial charge in [-0.2, -0.15) is 0 Å². The lowest BCUT2D eigenvalue weighted by Crippen LogP contribution is -2.32. The van der Waals surface area contributed by atoms with E-state index in [1.54, 1.807) is 31.3 Å². The smallest absolute Gasteiger partial charge is 0.414 e. The van der Waals surface area contributed by atoms with E-state index in [0.717, 1.165) is 25.7 Å². The summed E-state index contributed by atoms with van der Waals surface area (Å²) in [6.45, 7) is 4.41. The second-order valence-electron chi connectivity index (χ2n) is 7.85. The predicted octanol–water partition coefficient (Wildman–Crippen LogP) is 4.26. The molecule has 32 heavy (non-hydrogen) atoms. The Hall–Kier alpha value is -3.43. The van der Waals surface area contributed by atoms with E-state index in [1.165, 1.54) is 4.90 Å². The number of anilines is 2. The molecular weight excluding hydrogens is 414 g/mol. The topological polar surface area (TPSA) is 134 Å². The number of amides is 1. The van der Waals surface area contributed by atoms with Crippen LogP contribution < -0.4 is 15.4 Å². The van der Waals surface area contributed by atoms with Crippen LogP contribution in [0.5, 0.6) is 5.75 Å². The molecule has 0 saturated heterocycles. The maximum Gasteiger partial charge on any atom is 0.414 e. The summed E-state index contributed by atoms with van der Waals surface area (Å²) < 4.78 is 11.2. The Labute approximate surface area is 186 Å². The van der Waals surface area contributed by atoms with Gasteiger partial charge < -0.3 is 15.2 Å². The molecule has 0 radical (unpaired) electrons. The fourth-order valence-electron chi connectivity index (χ4n) is 3.70. The number of rotatable bonds is 2. The summed E-state index contributed by atoms with van der Waals surface area (Å²) in [6.07, 6.45) is 5.22. The summed E-state index contributed by atoms with van der Waals surface area (Å²) in [7, 11) is 0. The van der Waals surface area contributed by atoms with Crippen LogP contribution in [0.4, 0.5) is 22.0 Å². The van der Waals surface area contributed by atoms with Gasteiger partial charge in [-0.15, -0.1) is 0 Å². The maximum absolute atomic E-state index is 12.9. The number of ether oxygens (including phenoxy) is 2. The summed E-state index contributed by atoms with van der Waals surface area (Å²) in [4.78, 5) is 33.9. The van der Waals surface area contributed by atoms with Gasteiger partial charge in [0.1, 0.15) is 17.1 Å². The molecule has 2 N–H and O–H groups in total. The molecule has 1 atom stereocenters. The quantitative estimate of drug-likeness (QED) is 0.537. The van der Waals surface area contributed by atoms with Crippen molar-refractivity contribution in [1.82, 2.24) is 9.97 Å². The van der Waals surface area contributed by atoms with Gasteiger partial charge in [0, 0.05) is 11.9 Å². The highest BCUT2D eigenvalue weighted by molar-refractivity contribution is 5.92. The lowest BCUT2D eigenvalue weighted by Gasteiger charge is -2.23. The van der Waals surface area contributed by atoms with Gasteiger partial charge in [0.15, 0.2) is 0 Å². The zero-order chi connectivity index (χ0) is 23.1. The molecule has 0 saturated carbocycles. The number of aromatic nitrogens is 2. The Morgan fingerprint density at radius 2 is 2.22 bits per heavy atom. The molecule has 1 aliphatic rings. The molecule has 0 spiro atoms. The highest BCUT2D eigenvalue weighted by Gasteiger charge is 2.31. The Bertz CT molecular complexity index is 968. The molecule has 2 aromatic heterocycles. The van der Waals surface area contributed by atoms with E-state index in [0.29, 0.717) is 36.1 Å². The summed E-state index contributed by atoms with van der Waals surface area (Å²) in [5, 5.41) is 11.8. The van der Waals surface area contributed by atoms with Crippen LogP contribution in [0, 0.1) is 16.0 Å². The Kier molecular flexibility index (Phi) is 7.80. The number of nitrogens with zero attached hydrogens (tertiary/aromatic N) is 4. The molecule has 172 valence electrons. The lowest BCUT2D eigenvalue weighted by molar-refractivity contribution is -0.383. The van der Waals surface area contributed by atoms with E-state index in [4.69, 9.17) is 15.2 Å². The first-order valence-corrected chi connectivity index (χ1v) is 10.9.